The number of methoxy groups -OCH3 is 1. The zero-order valence-corrected chi connectivity index (χ0v) is 15.5. The minimum absolute atomic E-state index is 0.0736. The highest BCUT2D eigenvalue weighted by molar-refractivity contribution is 9.10. The fraction of sp³-hybridized carbons (Fsp3) is 0.222. The molecule has 26 heavy (non-hydrogen) atoms. The molecule has 0 bridgehead atoms. The van der Waals surface area contributed by atoms with Gasteiger partial charge in [-0.2, -0.15) is 13.8 Å². The molecule has 1 heterocycles. The molecule has 0 saturated carbocycles. The SMILES string of the molecule is COc1ccc(Cn2c(=O)nc(C(C)(F)F)c3cc(F)c(Br)cc32)cc1. The number of hydrogen-bond donors (Lipinski definition) is 0. The van der Waals surface area contributed by atoms with Crippen molar-refractivity contribution < 1.29 is 17.9 Å². The number of aromatic nitrogens is 2. The third-order valence-corrected chi connectivity index (χ3v) is 4.55. The molecule has 0 amide bonds. The first kappa shape index (κ1) is 18.4. The van der Waals surface area contributed by atoms with Crippen molar-refractivity contribution in [1.29, 1.82) is 0 Å². The quantitative estimate of drug-likeness (QED) is 0.618. The summed E-state index contributed by atoms with van der Waals surface area (Å²) in [7, 11) is 1.53. The molecule has 0 fully saturated rings. The van der Waals surface area contributed by atoms with Gasteiger partial charge in [0.15, 0.2) is 0 Å². The Balaban J connectivity index is 2.23. The summed E-state index contributed by atoms with van der Waals surface area (Å²) in [5.41, 5.74) is -0.656. The van der Waals surface area contributed by atoms with Crippen molar-refractivity contribution in [3.63, 3.8) is 0 Å². The van der Waals surface area contributed by atoms with Gasteiger partial charge in [0, 0.05) is 12.3 Å². The number of halogens is 4. The Morgan fingerprint density at radius 3 is 2.46 bits per heavy atom. The fourth-order valence-corrected chi connectivity index (χ4v) is 3.00. The van der Waals surface area contributed by atoms with Gasteiger partial charge in [0.2, 0.25) is 0 Å². The second kappa shape index (κ2) is 6.75. The van der Waals surface area contributed by atoms with Crippen molar-refractivity contribution in [2.45, 2.75) is 19.4 Å². The van der Waals surface area contributed by atoms with Crippen LogP contribution < -0.4 is 10.4 Å². The monoisotopic (exact) mass is 426 g/mol. The molecule has 1 aromatic heterocycles. The Labute approximate surface area is 155 Å². The largest absolute Gasteiger partial charge is 0.497 e. The Morgan fingerprint density at radius 1 is 1.23 bits per heavy atom. The molecule has 3 rings (SSSR count). The molecule has 0 aliphatic rings. The maximum absolute atomic E-state index is 13.9. The Bertz CT molecular complexity index is 1030. The van der Waals surface area contributed by atoms with Crippen molar-refractivity contribution >= 4 is 26.8 Å². The number of hydrogen-bond acceptors (Lipinski definition) is 3. The molecule has 3 aromatic rings. The van der Waals surface area contributed by atoms with Gasteiger partial charge in [-0.15, -0.1) is 0 Å². The zero-order valence-electron chi connectivity index (χ0n) is 13.9. The van der Waals surface area contributed by atoms with Crippen LogP contribution in [0.25, 0.3) is 10.9 Å². The van der Waals surface area contributed by atoms with Gasteiger partial charge < -0.3 is 4.74 Å². The first-order chi connectivity index (χ1) is 12.2. The highest BCUT2D eigenvalue weighted by Crippen LogP contribution is 2.33. The second-order valence-corrected chi connectivity index (χ2v) is 6.70. The number of rotatable bonds is 4. The molecule has 0 unspecified atom stereocenters. The van der Waals surface area contributed by atoms with E-state index in [2.05, 4.69) is 20.9 Å². The number of fused-ring (bicyclic) bond motifs is 1. The number of ether oxygens (including phenoxy) is 1. The Hall–Kier alpha value is -2.35. The molecular formula is C18H14BrF3N2O2. The van der Waals surface area contributed by atoms with E-state index in [0.717, 1.165) is 11.6 Å². The molecule has 4 nitrogen and oxygen atoms in total. The van der Waals surface area contributed by atoms with Gasteiger partial charge in [0.05, 0.1) is 23.6 Å². The number of nitrogens with zero attached hydrogens (tertiary/aromatic N) is 2. The predicted octanol–water partition coefficient (Wildman–Crippen LogP) is 4.47. The first-order valence-corrected chi connectivity index (χ1v) is 8.41. The van der Waals surface area contributed by atoms with Crippen LogP contribution in [0, 0.1) is 5.82 Å². The minimum Gasteiger partial charge on any atom is -0.497 e. The van der Waals surface area contributed by atoms with Gasteiger partial charge >= 0.3 is 5.69 Å². The summed E-state index contributed by atoms with van der Waals surface area (Å²) in [5.74, 6) is -3.44. The van der Waals surface area contributed by atoms with Gasteiger partial charge in [-0.25, -0.2) is 9.18 Å². The van der Waals surface area contributed by atoms with Gasteiger partial charge in [0.1, 0.15) is 17.3 Å². The highest BCUT2D eigenvalue weighted by Gasteiger charge is 2.31. The highest BCUT2D eigenvalue weighted by atomic mass is 79.9. The molecule has 0 N–H and O–H groups in total. The van der Waals surface area contributed by atoms with Crippen LogP contribution in [-0.2, 0) is 12.5 Å². The number of alkyl halides is 2. The van der Waals surface area contributed by atoms with Crippen LogP contribution in [0.3, 0.4) is 0 Å². The molecule has 8 heteroatoms. The molecule has 0 radical (unpaired) electrons. The van der Waals surface area contributed by atoms with Crippen LogP contribution >= 0.6 is 15.9 Å². The van der Waals surface area contributed by atoms with Crippen LogP contribution in [-0.4, -0.2) is 16.7 Å². The predicted molar refractivity (Wildman–Crippen MR) is 95.3 cm³/mol. The third-order valence-electron chi connectivity index (χ3n) is 3.94. The van der Waals surface area contributed by atoms with Crippen LogP contribution in [0.15, 0.2) is 45.7 Å². The lowest BCUT2D eigenvalue weighted by Crippen LogP contribution is -2.28. The molecule has 2 aromatic carbocycles. The van der Waals surface area contributed by atoms with Crippen molar-refractivity contribution in [3.8, 4) is 5.75 Å². The molecule has 136 valence electrons. The van der Waals surface area contributed by atoms with Crippen LogP contribution in [0.4, 0.5) is 13.2 Å². The Kier molecular flexibility index (Phi) is 4.79. The summed E-state index contributed by atoms with van der Waals surface area (Å²) < 4.78 is 48.1. The third kappa shape index (κ3) is 3.46. The van der Waals surface area contributed by atoms with E-state index < -0.39 is 23.1 Å². The summed E-state index contributed by atoms with van der Waals surface area (Å²) in [5, 5.41) is -0.105. The van der Waals surface area contributed by atoms with E-state index in [1.807, 2.05) is 0 Å². The van der Waals surface area contributed by atoms with E-state index in [-0.39, 0.29) is 21.9 Å². The first-order valence-electron chi connectivity index (χ1n) is 7.61. The van der Waals surface area contributed by atoms with E-state index in [1.54, 1.807) is 24.3 Å². The van der Waals surface area contributed by atoms with Gasteiger partial charge in [-0.1, -0.05) is 12.1 Å². The smallest absolute Gasteiger partial charge is 0.348 e. The molecule has 0 aliphatic heterocycles. The van der Waals surface area contributed by atoms with Gasteiger partial charge in [-0.05, 0) is 45.8 Å². The van der Waals surface area contributed by atoms with Gasteiger partial charge in [-0.3, -0.25) is 4.57 Å². The average molecular weight is 427 g/mol. The summed E-state index contributed by atoms with van der Waals surface area (Å²) in [4.78, 5) is 15.9. The van der Waals surface area contributed by atoms with E-state index >= 15 is 0 Å². The Morgan fingerprint density at radius 2 is 1.88 bits per heavy atom. The topological polar surface area (TPSA) is 44.1 Å². The summed E-state index contributed by atoms with van der Waals surface area (Å²) >= 11 is 3.04. The van der Waals surface area contributed by atoms with Crippen LogP contribution in [0.5, 0.6) is 5.75 Å². The molecular weight excluding hydrogens is 413 g/mol. The van der Waals surface area contributed by atoms with Crippen molar-refractivity contribution in [3.05, 3.63) is 68.4 Å². The number of benzene rings is 2. The fourth-order valence-electron chi connectivity index (χ4n) is 2.67. The molecule has 0 spiro atoms. The van der Waals surface area contributed by atoms with Crippen LogP contribution in [0.2, 0.25) is 0 Å². The van der Waals surface area contributed by atoms with E-state index in [4.69, 9.17) is 4.74 Å². The van der Waals surface area contributed by atoms with Crippen molar-refractivity contribution in [1.82, 2.24) is 9.55 Å². The second-order valence-electron chi connectivity index (χ2n) is 5.85. The standard InChI is InChI=1S/C18H14BrF3N2O2/c1-18(21,22)16-12-7-14(20)13(19)8-15(12)24(17(25)23-16)9-10-3-5-11(26-2)6-4-10/h3-8H,9H2,1-2H3. The van der Waals surface area contributed by atoms with Crippen molar-refractivity contribution in [2.24, 2.45) is 0 Å². The van der Waals surface area contributed by atoms with E-state index in [9.17, 15) is 18.0 Å². The lowest BCUT2D eigenvalue weighted by Gasteiger charge is -2.17. The summed E-state index contributed by atoms with van der Waals surface area (Å²) in [6.45, 7) is 0.724. The van der Waals surface area contributed by atoms with E-state index in [1.165, 1.54) is 17.7 Å². The zero-order chi connectivity index (χ0) is 19.1. The van der Waals surface area contributed by atoms with E-state index in [0.29, 0.717) is 12.7 Å². The maximum atomic E-state index is 13.9. The lowest BCUT2D eigenvalue weighted by molar-refractivity contribution is 0.0140. The lowest BCUT2D eigenvalue weighted by atomic mass is 10.1. The van der Waals surface area contributed by atoms with Gasteiger partial charge in [0.25, 0.3) is 5.92 Å². The minimum atomic E-state index is -3.38. The average Bonchev–Trinajstić information content (AvgIpc) is 2.58. The van der Waals surface area contributed by atoms with Crippen LogP contribution in [0.1, 0.15) is 18.2 Å². The van der Waals surface area contributed by atoms with Crippen molar-refractivity contribution in [2.75, 3.05) is 7.11 Å². The molecule has 0 aliphatic carbocycles. The maximum Gasteiger partial charge on any atom is 0.348 e. The summed E-state index contributed by atoms with van der Waals surface area (Å²) in [6.07, 6.45) is 0. The molecule has 0 saturated heterocycles. The molecule has 0 atom stereocenters. The normalized spacial score (nSPS) is 11.8. The summed E-state index contributed by atoms with van der Waals surface area (Å²) in [6, 6.07) is 9.21.